The summed E-state index contributed by atoms with van der Waals surface area (Å²) in [4.78, 5) is 17.6. The van der Waals surface area contributed by atoms with E-state index in [9.17, 15) is 4.79 Å². The van der Waals surface area contributed by atoms with Gasteiger partial charge in [-0.05, 0) is 25.5 Å². The first-order valence-corrected chi connectivity index (χ1v) is 5.82. The number of halogens is 2. The number of pyridine rings is 1. The van der Waals surface area contributed by atoms with Crippen molar-refractivity contribution in [3.63, 3.8) is 0 Å². The number of carbonyl (C=O) groups is 1. The van der Waals surface area contributed by atoms with Gasteiger partial charge in [0.15, 0.2) is 0 Å². The molecule has 0 aliphatic heterocycles. The van der Waals surface area contributed by atoms with Crippen molar-refractivity contribution in [1.29, 1.82) is 0 Å². The molecule has 0 aliphatic rings. The average Bonchev–Trinajstić information content (AvgIpc) is 2.29. The van der Waals surface area contributed by atoms with Crippen LogP contribution in [0.25, 0.3) is 0 Å². The van der Waals surface area contributed by atoms with E-state index >= 15 is 0 Å². The molecule has 1 amide bonds. The molecule has 1 heterocycles. The third-order valence-corrected chi connectivity index (χ3v) is 3.10. The van der Waals surface area contributed by atoms with E-state index in [1.165, 1.54) is 0 Å². The predicted octanol–water partition coefficient (Wildman–Crippen LogP) is 3.26. The van der Waals surface area contributed by atoms with Gasteiger partial charge in [-0.25, -0.2) is 4.98 Å². The number of rotatable bonds is 3. The highest BCUT2D eigenvalue weighted by Gasteiger charge is 2.20. The van der Waals surface area contributed by atoms with Gasteiger partial charge in [-0.15, -0.1) is 0 Å². The zero-order valence-corrected chi connectivity index (χ0v) is 11.0. The maximum absolute atomic E-state index is 12.0. The second kappa shape index (κ2) is 5.51. The van der Waals surface area contributed by atoms with Crippen LogP contribution in [0.4, 0.5) is 0 Å². The van der Waals surface area contributed by atoms with Crippen LogP contribution >= 0.6 is 23.2 Å². The molecule has 1 unspecified atom stereocenters. The molecule has 16 heavy (non-hydrogen) atoms. The van der Waals surface area contributed by atoms with Gasteiger partial charge in [0.25, 0.3) is 5.91 Å². The first-order chi connectivity index (χ1) is 7.47. The first-order valence-electron chi connectivity index (χ1n) is 5.06. The predicted molar refractivity (Wildman–Crippen MR) is 66.1 cm³/mol. The van der Waals surface area contributed by atoms with Crippen molar-refractivity contribution in [2.45, 2.75) is 26.3 Å². The topological polar surface area (TPSA) is 33.2 Å². The lowest BCUT2D eigenvalue weighted by molar-refractivity contribution is 0.0735. The molecule has 0 bridgehead atoms. The van der Waals surface area contributed by atoms with E-state index in [1.807, 2.05) is 13.8 Å². The Morgan fingerprint density at radius 1 is 1.50 bits per heavy atom. The summed E-state index contributed by atoms with van der Waals surface area (Å²) >= 11 is 11.7. The van der Waals surface area contributed by atoms with Gasteiger partial charge in [0.1, 0.15) is 10.8 Å². The van der Waals surface area contributed by atoms with Gasteiger partial charge in [-0.2, -0.15) is 0 Å². The number of nitrogens with zero attached hydrogens (tertiary/aromatic N) is 2. The quantitative estimate of drug-likeness (QED) is 0.782. The Balaban J connectivity index is 3.00. The fourth-order valence-electron chi connectivity index (χ4n) is 1.21. The van der Waals surface area contributed by atoms with E-state index in [1.54, 1.807) is 24.1 Å². The Morgan fingerprint density at radius 3 is 2.69 bits per heavy atom. The van der Waals surface area contributed by atoms with Crippen molar-refractivity contribution >= 4 is 29.1 Å². The van der Waals surface area contributed by atoms with Crippen molar-refractivity contribution in [3.8, 4) is 0 Å². The highest BCUT2D eigenvalue weighted by atomic mass is 35.5. The van der Waals surface area contributed by atoms with Gasteiger partial charge in [0, 0.05) is 13.1 Å². The minimum absolute atomic E-state index is 0.143. The molecule has 1 aromatic heterocycles. The number of hydrogen-bond acceptors (Lipinski definition) is 2. The van der Waals surface area contributed by atoms with E-state index < -0.39 is 0 Å². The van der Waals surface area contributed by atoms with Crippen LogP contribution in [0.15, 0.2) is 12.1 Å². The maximum Gasteiger partial charge on any atom is 0.274 e. The number of hydrogen-bond donors (Lipinski definition) is 0. The maximum atomic E-state index is 12.0. The summed E-state index contributed by atoms with van der Waals surface area (Å²) < 4.78 is 0. The Bertz CT molecular complexity index is 396. The molecule has 0 aromatic carbocycles. The van der Waals surface area contributed by atoms with E-state index in [2.05, 4.69) is 4.98 Å². The molecule has 0 saturated carbocycles. The molecule has 5 heteroatoms. The Labute approximate surface area is 105 Å². The molecule has 1 aromatic rings. The van der Waals surface area contributed by atoms with Crippen LogP contribution in [0.5, 0.6) is 0 Å². The van der Waals surface area contributed by atoms with Gasteiger partial charge < -0.3 is 4.90 Å². The van der Waals surface area contributed by atoms with Crippen LogP contribution < -0.4 is 0 Å². The molecule has 1 atom stereocenters. The lowest BCUT2D eigenvalue weighted by atomic mass is 10.2. The fourth-order valence-corrected chi connectivity index (χ4v) is 1.54. The van der Waals surface area contributed by atoms with Crippen molar-refractivity contribution in [3.05, 3.63) is 28.0 Å². The minimum Gasteiger partial charge on any atom is -0.338 e. The molecule has 0 N–H and O–H groups in total. The van der Waals surface area contributed by atoms with E-state index in [0.717, 1.165) is 6.42 Å². The Morgan fingerprint density at radius 2 is 2.12 bits per heavy atom. The molecule has 88 valence electrons. The third-order valence-electron chi connectivity index (χ3n) is 2.59. The normalized spacial score (nSPS) is 12.3. The lowest BCUT2D eigenvalue weighted by Crippen LogP contribution is -2.35. The molecular formula is C11H14Cl2N2O. The van der Waals surface area contributed by atoms with Gasteiger partial charge in [-0.1, -0.05) is 30.1 Å². The van der Waals surface area contributed by atoms with Gasteiger partial charge in [0.05, 0.1) is 5.02 Å². The van der Waals surface area contributed by atoms with Gasteiger partial charge >= 0.3 is 0 Å². The van der Waals surface area contributed by atoms with Crippen LogP contribution in [0, 0.1) is 0 Å². The SMILES string of the molecule is CCC(C)N(C)C(=O)c1nc(Cl)ccc1Cl. The second-order valence-corrected chi connectivity index (χ2v) is 4.43. The van der Waals surface area contributed by atoms with Crippen LogP contribution in [-0.4, -0.2) is 28.9 Å². The lowest BCUT2D eigenvalue weighted by Gasteiger charge is -2.23. The van der Waals surface area contributed by atoms with Crippen molar-refractivity contribution in [2.75, 3.05) is 7.05 Å². The summed E-state index contributed by atoms with van der Waals surface area (Å²) in [5.74, 6) is -0.207. The van der Waals surface area contributed by atoms with E-state index in [-0.39, 0.29) is 22.8 Å². The van der Waals surface area contributed by atoms with Crippen molar-refractivity contribution in [1.82, 2.24) is 9.88 Å². The largest absolute Gasteiger partial charge is 0.338 e. The smallest absolute Gasteiger partial charge is 0.274 e. The van der Waals surface area contributed by atoms with Crippen molar-refractivity contribution in [2.24, 2.45) is 0 Å². The Hall–Kier alpha value is -0.800. The summed E-state index contributed by atoms with van der Waals surface area (Å²) in [6, 6.07) is 3.28. The molecule has 3 nitrogen and oxygen atoms in total. The fraction of sp³-hybridized carbons (Fsp3) is 0.455. The van der Waals surface area contributed by atoms with Crippen molar-refractivity contribution < 1.29 is 4.79 Å². The number of carbonyl (C=O) groups excluding carboxylic acids is 1. The Kier molecular flexibility index (Phi) is 4.56. The summed E-state index contributed by atoms with van der Waals surface area (Å²) in [6.45, 7) is 3.98. The number of aromatic nitrogens is 1. The van der Waals surface area contributed by atoms with E-state index in [4.69, 9.17) is 23.2 Å². The summed E-state index contributed by atoms with van der Waals surface area (Å²) in [5.41, 5.74) is 0.206. The van der Waals surface area contributed by atoms with Gasteiger partial charge in [0.2, 0.25) is 0 Å². The molecule has 1 rings (SSSR count). The first kappa shape index (κ1) is 13.3. The zero-order chi connectivity index (χ0) is 12.3. The summed E-state index contributed by atoms with van der Waals surface area (Å²) in [6.07, 6.45) is 0.875. The highest BCUT2D eigenvalue weighted by Crippen LogP contribution is 2.19. The second-order valence-electron chi connectivity index (χ2n) is 3.64. The van der Waals surface area contributed by atoms with Gasteiger partial charge in [-0.3, -0.25) is 4.79 Å². The standard InChI is InChI=1S/C11H14Cl2N2O/c1-4-7(2)15(3)11(16)10-8(12)5-6-9(13)14-10/h5-7H,4H2,1-3H3. The van der Waals surface area contributed by atoms with E-state index in [0.29, 0.717) is 5.02 Å². The molecule has 0 saturated heterocycles. The van der Waals surface area contributed by atoms with Crippen LogP contribution in [0.1, 0.15) is 30.8 Å². The minimum atomic E-state index is -0.207. The molecule has 0 radical (unpaired) electrons. The summed E-state index contributed by atoms with van der Waals surface area (Å²) in [5, 5.41) is 0.592. The molecular weight excluding hydrogens is 247 g/mol. The summed E-state index contributed by atoms with van der Waals surface area (Å²) in [7, 11) is 1.73. The van der Waals surface area contributed by atoms with Crippen LogP contribution in [-0.2, 0) is 0 Å². The molecule has 0 fully saturated rings. The number of amides is 1. The monoisotopic (exact) mass is 260 g/mol. The van der Waals surface area contributed by atoms with Crippen LogP contribution in [0.3, 0.4) is 0 Å². The average molecular weight is 261 g/mol. The molecule has 0 aliphatic carbocycles. The third kappa shape index (κ3) is 2.86. The molecule has 0 spiro atoms. The highest BCUT2D eigenvalue weighted by molar-refractivity contribution is 6.34. The van der Waals surface area contributed by atoms with Crippen LogP contribution in [0.2, 0.25) is 10.2 Å². The zero-order valence-electron chi connectivity index (χ0n) is 9.50.